The Balaban J connectivity index is 1.86. The first-order valence-corrected chi connectivity index (χ1v) is 6.40. The first-order valence-electron chi connectivity index (χ1n) is 6.40. The first-order chi connectivity index (χ1) is 10.1. The Kier molecular flexibility index (Phi) is 4.82. The van der Waals surface area contributed by atoms with Crippen LogP contribution in [0.3, 0.4) is 0 Å². The van der Waals surface area contributed by atoms with E-state index in [0.717, 1.165) is 11.1 Å². The molecule has 5 nitrogen and oxygen atoms in total. The van der Waals surface area contributed by atoms with Crippen LogP contribution in [-0.2, 0) is 4.79 Å². The summed E-state index contributed by atoms with van der Waals surface area (Å²) in [5, 5.41) is 0. The molecule has 1 heterocycles. The third-order valence-corrected chi connectivity index (χ3v) is 2.69. The molecule has 2 N–H and O–H groups in total. The van der Waals surface area contributed by atoms with Gasteiger partial charge in [0.15, 0.2) is 0 Å². The zero-order valence-electron chi connectivity index (χ0n) is 11.5. The van der Waals surface area contributed by atoms with Gasteiger partial charge in [-0.1, -0.05) is 29.8 Å². The number of pyridine rings is 1. The first kappa shape index (κ1) is 14.5. The van der Waals surface area contributed by atoms with Gasteiger partial charge in [0.25, 0.3) is 11.8 Å². The molecule has 0 saturated carbocycles. The SMILES string of the molecule is Cc1cccc(/C=C/C(=O)NNC(=O)c2cccnc2)c1. The number of hydrazine groups is 1. The third kappa shape index (κ3) is 4.58. The van der Waals surface area contributed by atoms with Crippen molar-refractivity contribution in [3.05, 3.63) is 71.6 Å². The standard InChI is InChI=1S/C16H15N3O2/c1-12-4-2-5-13(10-12)7-8-15(20)18-19-16(21)14-6-3-9-17-11-14/h2-11H,1H3,(H,18,20)(H,19,21)/b8-7+. The van der Waals surface area contributed by atoms with Crippen LogP contribution in [0.25, 0.3) is 6.08 Å². The summed E-state index contributed by atoms with van der Waals surface area (Å²) in [6, 6.07) is 11.0. The van der Waals surface area contributed by atoms with Crippen LogP contribution in [0, 0.1) is 6.92 Å². The lowest BCUT2D eigenvalue weighted by molar-refractivity contribution is -0.117. The van der Waals surface area contributed by atoms with E-state index in [1.807, 2.05) is 31.2 Å². The predicted molar refractivity (Wildman–Crippen MR) is 80.1 cm³/mol. The number of carbonyl (C=O) groups excluding carboxylic acids is 2. The highest BCUT2D eigenvalue weighted by atomic mass is 16.2. The van der Waals surface area contributed by atoms with E-state index in [2.05, 4.69) is 15.8 Å². The van der Waals surface area contributed by atoms with Crippen molar-refractivity contribution in [1.29, 1.82) is 0 Å². The van der Waals surface area contributed by atoms with Crippen LogP contribution >= 0.6 is 0 Å². The van der Waals surface area contributed by atoms with E-state index in [-0.39, 0.29) is 0 Å². The number of rotatable bonds is 3. The molecule has 0 fully saturated rings. The van der Waals surface area contributed by atoms with Gasteiger partial charge in [0.1, 0.15) is 0 Å². The molecular weight excluding hydrogens is 266 g/mol. The lowest BCUT2D eigenvalue weighted by atomic mass is 10.1. The maximum atomic E-state index is 11.7. The molecule has 1 aromatic carbocycles. The van der Waals surface area contributed by atoms with Crippen molar-refractivity contribution in [3.8, 4) is 0 Å². The van der Waals surface area contributed by atoms with Gasteiger partial charge >= 0.3 is 0 Å². The number of hydrogen-bond donors (Lipinski definition) is 2. The number of aromatic nitrogens is 1. The largest absolute Gasteiger partial charge is 0.271 e. The van der Waals surface area contributed by atoms with E-state index in [1.54, 1.807) is 24.4 Å². The Morgan fingerprint density at radius 1 is 1.14 bits per heavy atom. The van der Waals surface area contributed by atoms with Gasteiger partial charge in [0, 0.05) is 18.5 Å². The highest BCUT2D eigenvalue weighted by Gasteiger charge is 2.04. The molecule has 5 heteroatoms. The molecule has 0 bridgehead atoms. The van der Waals surface area contributed by atoms with Crippen molar-refractivity contribution in [2.24, 2.45) is 0 Å². The molecule has 0 aliphatic carbocycles. The summed E-state index contributed by atoms with van der Waals surface area (Å²) in [6.07, 6.45) is 6.03. The number of nitrogens with one attached hydrogen (secondary N) is 2. The molecule has 0 unspecified atom stereocenters. The van der Waals surface area contributed by atoms with Crippen LogP contribution < -0.4 is 10.9 Å². The average molecular weight is 281 g/mol. The minimum absolute atomic E-state index is 0.375. The maximum absolute atomic E-state index is 11.7. The molecule has 1 aromatic heterocycles. The minimum atomic E-state index is -0.416. The van der Waals surface area contributed by atoms with E-state index >= 15 is 0 Å². The molecule has 2 amide bonds. The average Bonchev–Trinajstić information content (AvgIpc) is 2.51. The second-order valence-electron chi connectivity index (χ2n) is 4.43. The molecule has 2 aromatic rings. The quantitative estimate of drug-likeness (QED) is 0.666. The van der Waals surface area contributed by atoms with Gasteiger partial charge in [0.2, 0.25) is 0 Å². The van der Waals surface area contributed by atoms with Crippen molar-refractivity contribution in [2.45, 2.75) is 6.92 Å². The normalized spacial score (nSPS) is 10.3. The Hall–Kier alpha value is -2.95. The summed E-state index contributed by atoms with van der Waals surface area (Å²) in [6.45, 7) is 1.98. The van der Waals surface area contributed by atoms with Crippen molar-refractivity contribution < 1.29 is 9.59 Å². The highest BCUT2D eigenvalue weighted by Crippen LogP contribution is 2.05. The zero-order chi connectivity index (χ0) is 15.1. The molecule has 0 spiro atoms. The molecule has 0 saturated heterocycles. The van der Waals surface area contributed by atoms with Crippen molar-refractivity contribution in [2.75, 3.05) is 0 Å². The maximum Gasteiger partial charge on any atom is 0.271 e. The monoisotopic (exact) mass is 281 g/mol. The van der Waals surface area contributed by atoms with Crippen molar-refractivity contribution in [3.63, 3.8) is 0 Å². The molecule has 0 aliphatic heterocycles. The molecule has 0 aliphatic rings. The zero-order valence-corrected chi connectivity index (χ0v) is 11.5. The smallest absolute Gasteiger partial charge is 0.268 e. The van der Waals surface area contributed by atoms with Crippen LogP contribution in [0.5, 0.6) is 0 Å². The third-order valence-electron chi connectivity index (χ3n) is 2.69. The number of amides is 2. The van der Waals surface area contributed by atoms with Crippen molar-refractivity contribution in [1.82, 2.24) is 15.8 Å². The van der Waals surface area contributed by atoms with Gasteiger partial charge in [-0.05, 0) is 30.7 Å². The topological polar surface area (TPSA) is 71.1 Å². The van der Waals surface area contributed by atoms with Crippen LogP contribution in [0.15, 0.2) is 54.9 Å². The Labute approximate surface area is 122 Å². The second-order valence-corrected chi connectivity index (χ2v) is 4.43. The number of hydrogen-bond acceptors (Lipinski definition) is 3. The minimum Gasteiger partial charge on any atom is -0.268 e. The van der Waals surface area contributed by atoms with E-state index in [0.29, 0.717) is 5.56 Å². The fourth-order valence-electron chi connectivity index (χ4n) is 1.67. The second kappa shape index (κ2) is 7.00. The molecule has 106 valence electrons. The predicted octanol–water partition coefficient (Wildman–Crippen LogP) is 1.86. The van der Waals surface area contributed by atoms with Gasteiger partial charge in [-0.15, -0.1) is 0 Å². The van der Waals surface area contributed by atoms with Gasteiger partial charge < -0.3 is 0 Å². The van der Waals surface area contributed by atoms with Crippen molar-refractivity contribution >= 4 is 17.9 Å². The Morgan fingerprint density at radius 3 is 2.71 bits per heavy atom. The van der Waals surface area contributed by atoms with E-state index in [9.17, 15) is 9.59 Å². The Bertz CT molecular complexity index is 666. The molecule has 2 rings (SSSR count). The van der Waals surface area contributed by atoms with Gasteiger partial charge in [0.05, 0.1) is 5.56 Å². The van der Waals surface area contributed by atoms with Crippen LogP contribution in [-0.4, -0.2) is 16.8 Å². The van der Waals surface area contributed by atoms with E-state index < -0.39 is 11.8 Å². The van der Waals surface area contributed by atoms with Crippen LogP contribution in [0.1, 0.15) is 21.5 Å². The number of aryl methyl sites for hydroxylation is 1. The fraction of sp³-hybridized carbons (Fsp3) is 0.0625. The summed E-state index contributed by atoms with van der Waals surface area (Å²) >= 11 is 0. The summed E-state index contributed by atoms with van der Waals surface area (Å²) in [5.74, 6) is -0.825. The summed E-state index contributed by atoms with van der Waals surface area (Å²) in [7, 11) is 0. The van der Waals surface area contributed by atoms with E-state index in [4.69, 9.17) is 0 Å². The van der Waals surface area contributed by atoms with Gasteiger partial charge in [-0.25, -0.2) is 0 Å². The lowest BCUT2D eigenvalue weighted by Gasteiger charge is -2.04. The highest BCUT2D eigenvalue weighted by molar-refractivity contribution is 5.97. The summed E-state index contributed by atoms with van der Waals surface area (Å²) in [4.78, 5) is 27.1. The van der Waals surface area contributed by atoms with Gasteiger partial charge in [-0.2, -0.15) is 0 Å². The summed E-state index contributed by atoms with van der Waals surface area (Å²) < 4.78 is 0. The molecule has 21 heavy (non-hydrogen) atoms. The number of carbonyl (C=O) groups is 2. The molecular formula is C16H15N3O2. The molecule has 0 radical (unpaired) electrons. The number of benzene rings is 1. The van der Waals surface area contributed by atoms with Crippen LogP contribution in [0.2, 0.25) is 0 Å². The molecule has 0 atom stereocenters. The fourth-order valence-corrected chi connectivity index (χ4v) is 1.67. The lowest BCUT2D eigenvalue weighted by Crippen LogP contribution is -2.40. The van der Waals surface area contributed by atoms with Crippen LogP contribution in [0.4, 0.5) is 0 Å². The Morgan fingerprint density at radius 2 is 2.00 bits per heavy atom. The van der Waals surface area contributed by atoms with E-state index in [1.165, 1.54) is 12.3 Å². The van der Waals surface area contributed by atoms with Gasteiger partial charge in [-0.3, -0.25) is 25.4 Å². The summed E-state index contributed by atoms with van der Waals surface area (Å²) in [5.41, 5.74) is 7.04. The number of nitrogens with zero attached hydrogens (tertiary/aromatic N) is 1.